The van der Waals surface area contributed by atoms with Crippen LogP contribution in [0, 0.1) is 6.92 Å². The van der Waals surface area contributed by atoms with Crippen molar-refractivity contribution in [3.05, 3.63) is 17.7 Å². The predicted octanol–water partition coefficient (Wildman–Crippen LogP) is 1.53. The summed E-state index contributed by atoms with van der Waals surface area (Å²) in [5.74, 6) is 0.0335. The minimum Gasteiger partial charge on any atom is -0.391 e. The van der Waals surface area contributed by atoms with Gasteiger partial charge in [-0.3, -0.25) is 5.10 Å². The van der Waals surface area contributed by atoms with Gasteiger partial charge in [0.1, 0.15) is 12.4 Å². The van der Waals surface area contributed by atoms with Crippen molar-refractivity contribution in [1.82, 2.24) is 25.0 Å². The third-order valence-corrected chi connectivity index (χ3v) is 4.04. The minimum atomic E-state index is -4.41. The van der Waals surface area contributed by atoms with E-state index in [-0.39, 0.29) is 36.4 Å². The van der Waals surface area contributed by atoms with E-state index in [1.54, 1.807) is 6.92 Å². The Morgan fingerprint density at radius 3 is 2.62 bits per heavy atom. The lowest BCUT2D eigenvalue weighted by atomic mass is 10.1. The SMILES string of the molecule is Cc1[nH]ncc1-c1nc([C@H]2C[C@H](N)[C@@H](O)C2)n(CC(F)(F)F)n1.Cl. The smallest absolute Gasteiger partial charge is 0.391 e. The summed E-state index contributed by atoms with van der Waals surface area (Å²) in [6.07, 6.45) is -3.02. The van der Waals surface area contributed by atoms with Crippen LogP contribution < -0.4 is 5.73 Å². The third-order valence-electron chi connectivity index (χ3n) is 4.04. The van der Waals surface area contributed by atoms with Gasteiger partial charge in [0.25, 0.3) is 0 Å². The minimum absolute atomic E-state index is 0. The fourth-order valence-corrected chi connectivity index (χ4v) is 2.89. The number of nitrogens with zero attached hydrogens (tertiary/aromatic N) is 4. The van der Waals surface area contributed by atoms with E-state index in [0.717, 1.165) is 4.68 Å². The topological polar surface area (TPSA) is 106 Å². The van der Waals surface area contributed by atoms with Crippen LogP contribution >= 0.6 is 12.4 Å². The Kier molecular flexibility index (Phi) is 5.21. The summed E-state index contributed by atoms with van der Waals surface area (Å²) in [5, 5.41) is 20.3. The Labute approximate surface area is 141 Å². The summed E-state index contributed by atoms with van der Waals surface area (Å²) in [7, 11) is 0. The standard InChI is InChI=1S/C13H17F3N6O.ClH/c1-6-8(4-18-20-6)11-19-12(7-2-9(17)10(23)3-7)22(21-11)5-13(14,15)16;/h4,7,9-10,23H,2-3,5,17H2,1H3,(H,18,20);1H/t7-,9-,10-;/m0./s1. The summed E-state index contributed by atoms with van der Waals surface area (Å²) < 4.78 is 39.3. The number of aliphatic hydroxyl groups is 1. The molecule has 7 nitrogen and oxygen atoms in total. The molecule has 1 aliphatic carbocycles. The summed E-state index contributed by atoms with van der Waals surface area (Å²) >= 11 is 0. The zero-order valence-corrected chi connectivity index (χ0v) is 13.6. The molecule has 0 radical (unpaired) electrons. The normalized spacial score (nSPS) is 24.2. The van der Waals surface area contributed by atoms with Gasteiger partial charge in [-0.15, -0.1) is 12.4 Å². The Hall–Kier alpha value is -1.65. The summed E-state index contributed by atoms with van der Waals surface area (Å²) in [6.45, 7) is 0.510. The lowest BCUT2D eigenvalue weighted by Crippen LogP contribution is -2.28. The molecule has 4 N–H and O–H groups in total. The number of hydrogen-bond acceptors (Lipinski definition) is 5. The molecule has 0 spiro atoms. The van der Waals surface area contributed by atoms with Crippen LogP contribution in [0.25, 0.3) is 11.4 Å². The number of aromatic nitrogens is 5. The molecule has 0 aromatic carbocycles. The zero-order valence-electron chi connectivity index (χ0n) is 12.8. The zero-order chi connectivity index (χ0) is 16.8. The van der Waals surface area contributed by atoms with Gasteiger partial charge >= 0.3 is 6.18 Å². The van der Waals surface area contributed by atoms with Crippen LogP contribution in [0.1, 0.15) is 30.3 Å². The number of aromatic amines is 1. The molecule has 1 fully saturated rings. The molecule has 0 aliphatic heterocycles. The first-order valence-corrected chi connectivity index (χ1v) is 7.20. The molecule has 1 saturated carbocycles. The number of aryl methyl sites for hydroxylation is 1. The van der Waals surface area contributed by atoms with Crippen LogP contribution in [-0.2, 0) is 6.54 Å². The molecule has 0 bridgehead atoms. The van der Waals surface area contributed by atoms with Crippen molar-refractivity contribution in [3.63, 3.8) is 0 Å². The molecule has 2 aromatic heterocycles. The largest absolute Gasteiger partial charge is 0.408 e. The van der Waals surface area contributed by atoms with E-state index in [2.05, 4.69) is 20.3 Å². The van der Waals surface area contributed by atoms with Crippen LogP contribution in [0.15, 0.2) is 6.20 Å². The number of aliphatic hydroxyl groups excluding tert-OH is 1. The van der Waals surface area contributed by atoms with Crippen LogP contribution in [0.2, 0.25) is 0 Å². The van der Waals surface area contributed by atoms with Crippen LogP contribution in [0.4, 0.5) is 13.2 Å². The van der Waals surface area contributed by atoms with E-state index in [4.69, 9.17) is 5.73 Å². The van der Waals surface area contributed by atoms with Gasteiger partial charge in [-0.05, 0) is 19.8 Å². The Balaban J connectivity index is 0.00000208. The van der Waals surface area contributed by atoms with Gasteiger partial charge in [0.2, 0.25) is 0 Å². The van der Waals surface area contributed by atoms with Gasteiger partial charge in [-0.25, -0.2) is 9.67 Å². The second-order valence-electron chi connectivity index (χ2n) is 5.87. The van der Waals surface area contributed by atoms with E-state index < -0.39 is 24.9 Å². The van der Waals surface area contributed by atoms with Crippen molar-refractivity contribution < 1.29 is 18.3 Å². The van der Waals surface area contributed by atoms with Crippen molar-refractivity contribution in [2.24, 2.45) is 5.73 Å². The molecular weight excluding hydrogens is 349 g/mol. The number of nitrogens with two attached hydrogens (primary N) is 1. The second kappa shape index (κ2) is 6.69. The summed E-state index contributed by atoms with van der Waals surface area (Å²) in [6, 6.07) is -0.463. The van der Waals surface area contributed by atoms with Gasteiger partial charge in [0, 0.05) is 17.7 Å². The third kappa shape index (κ3) is 3.70. The first kappa shape index (κ1) is 18.7. The lowest BCUT2D eigenvalue weighted by Gasteiger charge is -2.12. The van der Waals surface area contributed by atoms with E-state index in [9.17, 15) is 18.3 Å². The molecule has 2 heterocycles. The molecular formula is C13H18ClF3N6O. The molecule has 2 aromatic rings. The highest BCUT2D eigenvalue weighted by Crippen LogP contribution is 2.35. The highest BCUT2D eigenvalue weighted by atomic mass is 35.5. The van der Waals surface area contributed by atoms with Crippen LogP contribution in [0.3, 0.4) is 0 Å². The maximum absolute atomic E-state index is 12.8. The number of H-pyrrole nitrogens is 1. The molecule has 24 heavy (non-hydrogen) atoms. The van der Waals surface area contributed by atoms with E-state index >= 15 is 0 Å². The van der Waals surface area contributed by atoms with Crippen molar-refractivity contribution in [2.45, 2.75) is 50.6 Å². The highest BCUT2D eigenvalue weighted by Gasteiger charge is 2.37. The fraction of sp³-hybridized carbons (Fsp3) is 0.615. The van der Waals surface area contributed by atoms with Crippen LogP contribution in [0.5, 0.6) is 0 Å². The van der Waals surface area contributed by atoms with Gasteiger partial charge in [-0.1, -0.05) is 0 Å². The second-order valence-corrected chi connectivity index (χ2v) is 5.87. The maximum Gasteiger partial charge on any atom is 0.408 e. The lowest BCUT2D eigenvalue weighted by molar-refractivity contribution is -0.143. The van der Waals surface area contributed by atoms with Crippen molar-refractivity contribution in [2.75, 3.05) is 0 Å². The van der Waals surface area contributed by atoms with E-state index in [1.165, 1.54) is 6.20 Å². The first-order valence-electron chi connectivity index (χ1n) is 7.20. The molecule has 0 saturated heterocycles. The van der Waals surface area contributed by atoms with E-state index in [1.807, 2.05) is 0 Å². The van der Waals surface area contributed by atoms with Crippen molar-refractivity contribution in [1.29, 1.82) is 0 Å². The quantitative estimate of drug-likeness (QED) is 0.763. The molecule has 3 atom stereocenters. The molecule has 0 amide bonds. The average Bonchev–Trinajstić information content (AvgIpc) is 3.09. The van der Waals surface area contributed by atoms with Gasteiger partial charge in [0.15, 0.2) is 5.82 Å². The Morgan fingerprint density at radius 1 is 1.42 bits per heavy atom. The molecule has 11 heteroatoms. The van der Waals surface area contributed by atoms with Crippen molar-refractivity contribution >= 4 is 12.4 Å². The van der Waals surface area contributed by atoms with Gasteiger partial charge < -0.3 is 10.8 Å². The molecule has 1 aliphatic rings. The Morgan fingerprint density at radius 2 is 2.12 bits per heavy atom. The summed E-state index contributed by atoms with van der Waals surface area (Å²) in [4.78, 5) is 4.27. The molecule has 0 unspecified atom stereocenters. The van der Waals surface area contributed by atoms with E-state index in [0.29, 0.717) is 17.7 Å². The molecule has 3 rings (SSSR count). The number of nitrogens with one attached hydrogen (secondary N) is 1. The van der Waals surface area contributed by atoms with Gasteiger partial charge in [-0.2, -0.15) is 23.4 Å². The van der Waals surface area contributed by atoms with Gasteiger partial charge in [0.05, 0.1) is 17.9 Å². The highest BCUT2D eigenvalue weighted by molar-refractivity contribution is 5.85. The maximum atomic E-state index is 12.8. The van der Waals surface area contributed by atoms with Crippen molar-refractivity contribution in [3.8, 4) is 11.4 Å². The Bertz CT molecular complexity index is 690. The van der Waals surface area contributed by atoms with Crippen LogP contribution in [-0.4, -0.2) is 48.4 Å². The number of hydrogen-bond donors (Lipinski definition) is 3. The number of alkyl halides is 3. The number of halogens is 4. The average molecular weight is 367 g/mol. The number of rotatable bonds is 3. The monoisotopic (exact) mass is 366 g/mol. The summed E-state index contributed by atoms with van der Waals surface area (Å²) in [5.41, 5.74) is 6.99. The fourth-order valence-electron chi connectivity index (χ4n) is 2.89. The molecule has 134 valence electrons. The first-order chi connectivity index (χ1) is 10.7. The predicted molar refractivity (Wildman–Crippen MR) is 81.6 cm³/mol.